The monoisotopic (exact) mass is 320 g/mol. The number of halogens is 2. The highest BCUT2D eigenvalue weighted by Crippen LogP contribution is 2.30. The lowest BCUT2D eigenvalue weighted by Gasteiger charge is -2.05. The molecule has 0 unspecified atom stereocenters. The Bertz CT molecular complexity index is 945. The smallest absolute Gasteiger partial charge is 0.347 e. The molecule has 23 heavy (non-hydrogen) atoms. The number of carbonyl (C=O) groups is 1. The van der Waals surface area contributed by atoms with Crippen LogP contribution < -0.4 is 5.32 Å². The van der Waals surface area contributed by atoms with Gasteiger partial charge in [0.2, 0.25) is 5.69 Å². The van der Waals surface area contributed by atoms with E-state index in [-0.39, 0.29) is 22.7 Å². The number of anilines is 1. The quantitative estimate of drug-likeness (QED) is 0.574. The molecule has 2 heterocycles. The number of aromatic amines is 1. The van der Waals surface area contributed by atoms with Crippen LogP contribution in [0.4, 0.5) is 20.3 Å². The molecule has 2 aromatic heterocycles. The second kappa shape index (κ2) is 5.20. The molecule has 118 valence electrons. The minimum absolute atomic E-state index is 0.0395. The van der Waals surface area contributed by atoms with Crippen LogP contribution in [0.25, 0.3) is 10.9 Å². The van der Waals surface area contributed by atoms with Crippen molar-refractivity contribution in [2.24, 2.45) is 7.05 Å². The molecule has 7 nitrogen and oxygen atoms in total. The van der Waals surface area contributed by atoms with Gasteiger partial charge in [0, 0.05) is 18.0 Å². The standard InChI is InChI=1S/C14H10F2N4O3/c1-19-12(8-4-5-17-11(8)14(19)20(22)23)13(21)18-7-2-3-9(15)10(16)6-7/h2-6,17H,1H3,(H,18,21). The Morgan fingerprint density at radius 2 is 2.04 bits per heavy atom. The number of hydrogen-bond acceptors (Lipinski definition) is 3. The van der Waals surface area contributed by atoms with E-state index in [0.717, 1.165) is 16.7 Å². The molecule has 1 aromatic carbocycles. The number of benzene rings is 1. The minimum atomic E-state index is -1.10. The summed E-state index contributed by atoms with van der Waals surface area (Å²) in [6, 6.07) is 4.44. The summed E-state index contributed by atoms with van der Waals surface area (Å²) in [5.74, 6) is -3.07. The maximum Gasteiger partial charge on any atom is 0.347 e. The SMILES string of the molecule is Cn1c(C(=O)Nc2ccc(F)c(F)c2)c2cc[nH]c2c1[N+](=O)[O-]. The van der Waals surface area contributed by atoms with Gasteiger partial charge in [-0.25, -0.2) is 13.3 Å². The van der Waals surface area contributed by atoms with Gasteiger partial charge in [-0.2, -0.15) is 0 Å². The Labute approximate surface area is 127 Å². The van der Waals surface area contributed by atoms with Crippen molar-refractivity contribution < 1.29 is 18.5 Å². The first-order valence-corrected chi connectivity index (χ1v) is 6.46. The fourth-order valence-electron chi connectivity index (χ4n) is 2.46. The summed E-state index contributed by atoms with van der Waals surface area (Å²) in [5.41, 5.74) is 0.298. The summed E-state index contributed by atoms with van der Waals surface area (Å²) in [4.78, 5) is 25.7. The highest BCUT2D eigenvalue weighted by Gasteiger charge is 2.29. The van der Waals surface area contributed by atoms with Crippen molar-refractivity contribution in [3.8, 4) is 0 Å². The van der Waals surface area contributed by atoms with Crippen LogP contribution in [0.2, 0.25) is 0 Å². The molecule has 0 spiro atoms. The first-order valence-electron chi connectivity index (χ1n) is 6.46. The second-order valence-corrected chi connectivity index (χ2v) is 4.84. The molecule has 0 aliphatic heterocycles. The topological polar surface area (TPSA) is 93.0 Å². The molecule has 9 heteroatoms. The van der Waals surface area contributed by atoms with Crippen LogP contribution >= 0.6 is 0 Å². The summed E-state index contributed by atoms with van der Waals surface area (Å²) in [5, 5.41) is 13.9. The molecule has 0 saturated heterocycles. The van der Waals surface area contributed by atoms with Crippen molar-refractivity contribution in [2.45, 2.75) is 0 Å². The molecule has 0 atom stereocenters. The zero-order chi connectivity index (χ0) is 16.7. The summed E-state index contributed by atoms with van der Waals surface area (Å²) >= 11 is 0. The fraction of sp³-hybridized carbons (Fsp3) is 0.0714. The van der Waals surface area contributed by atoms with E-state index in [9.17, 15) is 23.7 Å². The molecule has 3 aromatic rings. The Morgan fingerprint density at radius 3 is 2.70 bits per heavy atom. The lowest BCUT2D eigenvalue weighted by molar-refractivity contribution is -0.390. The van der Waals surface area contributed by atoms with E-state index in [1.165, 1.54) is 25.4 Å². The number of H-pyrrole nitrogens is 1. The van der Waals surface area contributed by atoms with E-state index in [4.69, 9.17) is 0 Å². The van der Waals surface area contributed by atoms with Gasteiger partial charge < -0.3 is 20.4 Å². The lowest BCUT2D eigenvalue weighted by atomic mass is 10.2. The normalized spacial score (nSPS) is 10.9. The third-order valence-electron chi connectivity index (χ3n) is 3.44. The number of rotatable bonds is 3. The Kier molecular flexibility index (Phi) is 3.32. The zero-order valence-electron chi connectivity index (χ0n) is 11.8. The minimum Gasteiger partial charge on any atom is -0.358 e. The first-order chi connectivity index (χ1) is 10.9. The Balaban J connectivity index is 2.04. The third kappa shape index (κ3) is 2.31. The second-order valence-electron chi connectivity index (χ2n) is 4.84. The van der Waals surface area contributed by atoms with Crippen LogP contribution in [-0.4, -0.2) is 20.4 Å². The predicted molar refractivity (Wildman–Crippen MR) is 78.2 cm³/mol. The van der Waals surface area contributed by atoms with Gasteiger partial charge in [0.05, 0.1) is 12.4 Å². The predicted octanol–water partition coefficient (Wildman–Crippen LogP) is 2.95. The van der Waals surface area contributed by atoms with Gasteiger partial charge >= 0.3 is 5.82 Å². The van der Waals surface area contributed by atoms with Crippen molar-refractivity contribution >= 4 is 28.3 Å². The lowest BCUT2D eigenvalue weighted by Crippen LogP contribution is -2.16. The van der Waals surface area contributed by atoms with E-state index in [1.54, 1.807) is 0 Å². The van der Waals surface area contributed by atoms with E-state index in [0.29, 0.717) is 5.39 Å². The number of hydrogen-bond donors (Lipinski definition) is 2. The Hall–Kier alpha value is -3.23. The third-order valence-corrected chi connectivity index (χ3v) is 3.44. The summed E-state index contributed by atoms with van der Waals surface area (Å²) in [6.45, 7) is 0. The molecule has 2 N–H and O–H groups in total. The zero-order valence-corrected chi connectivity index (χ0v) is 11.8. The van der Waals surface area contributed by atoms with Gasteiger partial charge in [-0.05, 0) is 23.1 Å². The molecular weight excluding hydrogens is 310 g/mol. The van der Waals surface area contributed by atoms with Crippen LogP contribution in [0.1, 0.15) is 10.5 Å². The summed E-state index contributed by atoms with van der Waals surface area (Å²) in [6.07, 6.45) is 1.48. The van der Waals surface area contributed by atoms with E-state index in [1.807, 2.05) is 0 Å². The van der Waals surface area contributed by atoms with Gasteiger partial charge in [-0.1, -0.05) is 0 Å². The number of carbonyl (C=O) groups excluding carboxylic acids is 1. The molecule has 3 rings (SSSR count). The van der Waals surface area contributed by atoms with Gasteiger partial charge in [0.15, 0.2) is 11.6 Å². The van der Waals surface area contributed by atoms with Crippen molar-refractivity contribution in [3.05, 3.63) is 57.9 Å². The molecular formula is C14H10F2N4O3. The molecule has 0 aliphatic rings. The first kappa shape index (κ1) is 14.7. The number of nitrogens with one attached hydrogen (secondary N) is 2. The van der Waals surface area contributed by atoms with Crippen LogP contribution in [0.3, 0.4) is 0 Å². The van der Waals surface area contributed by atoms with Crippen molar-refractivity contribution in [1.29, 1.82) is 0 Å². The van der Waals surface area contributed by atoms with Gasteiger partial charge in [0.1, 0.15) is 5.52 Å². The molecule has 0 radical (unpaired) electrons. The highest BCUT2D eigenvalue weighted by molar-refractivity contribution is 6.13. The van der Waals surface area contributed by atoms with Gasteiger partial charge in [-0.15, -0.1) is 0 Å². The Morgan fingerprint density at radius 1 is 1.30 bits per heavy atom. The van der Waals surface area contributed by atoms with Crippen LogP contribution in [0.15, 0.2) is 30.5 Å². The van der Waals surface area contributed by atoms with E-state index < -0.39 is 22.5 Å². The fourth-order valence-corrected chi connectivity index (χ4v) is 2.46. The van der Waals surface area contributed by atoms with Gasteiger partial charge in [-0.3, -0.25) is 4.79 Å². The number of nitrogens with zero attached hydrogens (tertiary/aromatic N) is 2. The van der Waals surface area contributed by atoms with Crippen molar-refractivity contribution in [3.63, 3.8) is 0 Å². The summed E-state index contributed by atoms with van der Waals surface area (Å²) in [7, 11) is 1.38. The maximum absolute atomic E-state index is 13.2. The number of aromatic nitrogens is 2. The van der Waals surface area contributed by atoms with Crippen LogP contribution in [0.5, 0.6) is 0 Å². The van der Waals surface area contributed by atoms with Gasteiger partial charge in [0.25, 0.3) is 5.91 Å². The summed E-state index contributed by atoms with van der Waals surface area (Å²) < 4.78 is 27.2. The van der Waals surface area contributed by atoms with Crippen LogP contribution in [-0.2, 0) is 7.05 Å². The highest BCUT2D eigenvalue weighted by atomic mass is 19.2. The maximum atomic E-state index is 13.2. The van der Waals surface area contributed by atoms with E-state index in [2.05, 4.69) is 10.3 Å². The molecule has 0 aliphatic carbocycles. The van der Waals surface area contributed by atoms with Crippen molar-refractivity contribution in [1.82, 2.24) is 9.55 Å². The average Bonchev–Trinajstić information content (AvgIpc) is 3.01. The van der Waals surface area contributed by atoms with E-state index >= 15 is 0 Å². The van der Waals surface area contributed by atoms with Crippen molar-refractivity contribution in [2.75, 3.05) is 5.32 Å². The molecule has 0 saturated carbocycles. The largest absolute Gasteiger partial charge is 0.358 e. The molecule has 1 amide bonds. The number of amides is 1. The van der Waals surface area contributed by atoms with Crippen LogP contribution in [0, 0.1) is 21.7 Å². The molecule has 0 bridgehead atoms. The number of fused-ring (bicyclic) bond motifs is 1. The number of nitro groups is 1. The average molecular weight is 320 g/mol. The molecule has 0 fully saturated rings.